The van der Waals surface area contributed by atoms with Crippen molar-refractivity contribution in [3.8, 4) is 0 Å². The summed E-state index contributed by atoms with van der Waals surface area (Å²) in [7, 11) is 0. The molecule has 24 heavy (non-hydrogen) atoms. The second-order valence-corrected chi connectivity index (χ2v) is 6.65. The van der Waals surface area contributed by atoms with Crippen LogP contribution in [-0.2, 0) is 9.59 Å². The minimum atomic E-state index is -1.07. The van der Waals surface area contributed by atoms with Crippen LogP contribution in [0, 0.1) is 5.92 Å². The number of carboxylic acid groups (broad SMARTS) is 2. The topological polar surface area (TPSA) is 74.6 Å². The van der Waals surface area contributed by atoms with Crippen molar-refractivity contribution in [2.24, 2.45) is 5.92 Å². The van der Waals surface area contributed by atoms with Crippen molar-refractivity contribution in [2.75, 3.05) is 0 Å². The van der Waals surface area contributed by atoms with Gasteiger partial charge in [-0.2, -0.15) is 0 Å². The average molecular weight is 341 g/mol. The molecule has 0 aliphatic heterocycles. The van der Waals surface area contributed by atoms with Crippen molar-refractivity contribution in [3.63, 3.8) is 0 Å². The van der Waals surface area contributed by atoms with E-state index in [9.17, 15) is 9.59 Å². The van der Waals surface area contributed by atoms with Crippen molar-refractivity contribution in [2.45, 2.75) is 96.8 Å². The Labute approximate surface area is 147 Å². The minimum absolute atomic E-state index is 0.343. The monoisotopic (exact) mass is 340 g/mol. The van der Waals surface area contributed by atoms with Gasteiger partial charge in [0.1, 0.15) is 0 Å². The summed E-state index contributed by atoms with van der Waals surface area (Å²) < 4.78 is 0. The fraction of sp³-hybridized carbons (Fsp3) is 0.800. The smallest absolute Gasteiger partial charge is 0.310 e. The Balaban J connectivity index is 3.42. The van der Waals surface area contributed by atoms with Gasteiger partial charge < -0.3 is 10.2 Å². The van der Waals surface area contributed by atoms with Gasteiger partial charge in [0.05, 0.1) is 12.3 Å². The van der Waals surface area contributed by atoms with E-state index in [1.54, 1.807) is 0 Å². The van der Waals surface area contributed by atoms with Gasteiger partial charge in [-0.3, -0.25) is 9.59 Å². The maximum absolute atomic E-state index is 10.9. The third kappa shape index (κ3) is 15.6. The van der Waals surface area contributed by atoms with Gasteiger partial charge in [0, 0.05) is 0 Å². The number of hydrogen-bond donors (Lipinski definition) is 2. The van der Waals surface area contributed by atoms with Crippen molar-refractivity contribution in [1.29, 1.82) is 0 Å². The molecule has 0 radical (unpaired) electrons. The van der Waals surface area contributed by atoms with E-state index in [0.717, 1.165) is 19.3 Å². The summed E-state index contributed by atoms with van der Waals surface area (Å²) in [6.07, 6.45) is 19.4. The van der Waals surface area contributed by atoms with E-state index in [4.69, 9.17) is 10.2 Å². The lowest BCUT2D eigenvalue weighted by Crippen LogP contribution is -2.15. The molecule has 140 valence electrons. The molecule has 0 saturated heterocycles. The maximum atomic E-state index is 10.9. The molecule has 0 aromatic carbocycles. The Morgan fingerprint density at radius 2 is 1.25 bits per heavy atom. The molecule has 4 nitrogen and oxygen atoms in total. The molecular weight excluding hydrogens is 304 g/mol. The summed E-state index contributed by atoms with van der Waals surface area (Å²) >= 11 is 0. The van der Waals surface area contributed by atoms with Crippen molar-refractivity contribution in [1.82, 2.24) is 0 Å². The van der Waals surface area contributed by atoms with Crippen LogP contribution in [0.4, 0.5) is 0 Å². The van der Waals surface area contributed by atoms with Crippen LogP contribution in [0.15, 0.2) is 12.2 Å². The Morgan fingerprint density at radius 3 is 1.67 bits per heavy atom. The van der Waals surface area contributed by atoms with Gasteiger partial charge in [-0.25, -0.2) is 0 Å². The molecule has 1 atom stereocenters. The molecule has 0 aliphatic carbocycles. The quantitative estimate of drug-likeness (QED) is 0.259. The van der Waals surface area contributed by atoms with Gasteiger partial charge in [0.2, 0.25) is 0 Å². The molecule has 0 aromatic rings. The van der Waals surface area contributed by atoms with Crippen LogP contribution in [-0.4, -0.2) is 22.2 Å². The molecule has 4 heteroatoms. The summed E-state index contributed by atoms with van der Waals surface area (Å²) in [5.41, 5.74) is 0. The lowest BCUT2D eigenvalue weighted by Gasteiger charge is -2.04. The summed E-state index contributed by atoms with van der Waals surface area (Å²) in [5, 5.41) is 17.6. The van der Waals surface area contributed by atoms with Gasteiger partial charge in [-0.15, -0.1) is 0 Å². The summed E-state index contributed by atoms with van der Waals surface area (Å²) in [5.74, 6) is -3.04. The highest BCUT2D eigenvalue weighted by Gasteiger charge is 2.17. The lowest BCUT2D eigenvalue weighted by molar-refractivity contribution is -0.146. The third-order valence-electron chi connectivity index (χ3n) is 4.30. The van der Waals surface area contributed by atoms with E-state index in [-0.39, 0.29) is 6.42 Å². The Bertz CT molecular complexity index is 350. The zero-order valence-corrected chi connectivity index (χ0v) is 15.3. The number of carbonyl (C=O) groups is 2. The van der Waals surface area contributed by atoms with E-state index >= 15 is 0 Å². The normalized spacial score (nSPS) is 12.5. The van der Waals surface area contributed by atoms with Crippen molar-refractivity contribution >= 4 is 11.9 Å². The molecular formula is C20H36O4. The highest BCUT2D eigenvalue weighted by Crippen LogP contribution is 2.13. The Kier molecular flexibility index (Phi) is 15.6. The van der Waals surface area contributed by atoms with Gasteiger partial charge in [-0.05, 0) is 12.8 Å². The van der Waals surface area contributed by atoms with Crippen LogP contribution in [0.2, 0.25) is 0 Å². The number of allylic oxidation sites excluding steroid dienone is 1. The van der Waals surface area contributed by atoms with Crippen LogP contribution in [0.3, 0.4) is 0 Å². The maximum Gasteiger partial charge on any atom is 0.310 e. The zero-order valence-electron chi connectivity index (χ0n) is 15.3. The highest BCUT2D eigenvalue weighted by molar-refractivity contribution is 5.79. The molecule has 0 saturated carbocycles. The Hall–Kier alpha value is -1.32. The first-order valence-electron chi connectivity index (χ1n) is 9.69. The lowest BCUT2D eigenvalue weighted by atomic mass is 10.0. The van der Waals surface area contributed by atoms with Crippen molar-refractivity contribution < 1.29 is 19.8 Å². The second-order valence-electron chi connectivity index (χ2n) is 6.65. The van der Waals surface area contributed by atoms with Gasteiger partial charge in [0.15, 0.2) is 0 Å². The van der Waals surface area contributed by atoms with Gasteiger partial charge >= 0.3 is 11.9 Å². The minimum Gasteiger partial charge on any atom is -0.481 e. The van der Waals surface area contributed by atoms with Crippen LogP contribution < -0.4 is 0 Å². The number of hydrogen-bond acceptors (Lipinski definition) is 2. The van der Waals surface area contributed by atoms with E-state index in [0.29, 0.717) is 0 Å². The number of aliphatic carboxylic acids is 2. The summed E-state index contributed by atoms with van der Waals surface area (Å²) in [6.45, 7) is 2.25. The molecule has 0 heterocycles. The van der Waals surface area contributed by atoms with E-state index in [2.05, 4.69) is 6.92 Å². The fourth-order valence-electron chi connectivity index (χ4n) is 2.79. The molecule has 0 rings (SSSR count). The van der Waals surface area contributed by atoms with Crippen LogP contribution in [0.1, 0.15) is 96.8 Å². The van der Waals surface area contributed by atoms with Crippen LogP contribution >= 0.6 is 0 Å². The largest absolute Gasteiger partial charge is 0.481 e. The molecule has 0 aromatic heterocycles. The van der Waals surface area contributed by atoms with Gasteiger partial charge in [-0.1, -0.05) is 89.7 Å². The van der Waals surface area contributed by atoms with E-state index in [1.165, 1.54) is 70.3 Å². The number of carboxylic acids is 2. The standard InChI is InChI=1S/C20H36O4/c1-2-3-4-5-6-7-8-9-10-11-12-13-14-15-16-18(20(23)24)17-19(21)22/h15-16,18H,2-14,17H2,1H3,(H,21,22)(H,23,24)/b16-15-. The van der Waals surface area contributed by atoms with Crippen LogP contribution in [0.25, 0.3) is 0 Å². The second kappa shape index (κ2) is 16.5. The molecule has 0 bridgehead atoms. The predicted molar refractivity (Wildman–Crippen MR) is 98.2 cm³/mol. The Morgan fingerprint density at radius 1 is 0.792 bits per heavy atom. The van der Waals surface area contributed by atoms with Crippen molar-refractivity contribution in [3.05, 3.63) is 12.2 Å². The highest BCUT2D eigenvalue weighted by atomic mass is 16.4. The number of rotatable bonds is 17. The molecule has 0 amide bonds. The SMILES string of the molecule is CCCCCCCCCCCCCC/C=C\C(CC(=O)O)C(=O)O. The van der Waals surface area contributed by atoms with E-state index in [1.807, 2.05) is 6.08 Å². The molecule has 0 spiro atoms. The molecule has 0 aliphatic rings. The summed E-state index contributed by atoms with van der Waals surface area (Å²) in [4.78, 5) is 21.5. The predicted octanol–water partition coefficient (Wildman–Crippen LogP) is 5.81. The zero-order chi connectivity index (χ0) is 18.0. The first-order chi connectivity index (χ1) is 11.6. The molecule has 1 unspecified atom stereocenters. The fourth-order valence-corrected chi connectivity index (χ4v) is 2.79. The first-order valence-corrected chi connectivity index (χ1v) is 9.69. The average Bonchev–Trinajstić information content (AvgIpc) is 2.53. The third-order valence-corrected chi connectivity index (χ3v) is 4.30. The molecule has 2 N–H and O–H groups in total. The first kappa shape index (κ1) is 22.7. The van der Waals surface area contributed by atoms with E-state index < -0.39 is 17.9 Å². The van der Waals surface area contributed by atoms with Gasteiger partial charge in [0.25, 0.3) is 0 Å². The van der Waals surface area contributed by atoms with Crippen LogP contribution in [0.5, 0.6) is 0 Å². The number of unbranched alkanes of at least 4 members (excludes halogenated alkanes) is 12. The summed E-state index contributed by atoms with van der Waals surface area (Å²) in [6, 6.07) is 0. The molecule has 0 fully saturated rings.